The Hall–Kier alpha value is -0.0800. The van der Waals surface area contributed by atoms with Gasteiger partial charge in [0, 0.05) is 6.54 Å². The van der Waals surface area contributed by atoms with E-state index in [1.807, 2.05) is 0 Å². The Kier molecular flexibility index (Phi) is 1.78. The van der Waals surface area contributed by atoms with Crippen LogP contribution in [0.5, 0.6) is 0 Å². The minimum atomic E-state index is 0.295. The van der Waals surface area contributed by atoms with E-state index in [4.69, 9.17) is 4.74 Å². The second-order valence-electron chi connectivity index (χ2n) is 3.62. The average molecular weight is 129 g/mol. The summed E-state index contributed by atoms with van der Waals surface area (Å²) in [5, 5.41) is 3.16. The molecule has 54 valence electrons. The quantitative estimate of drug-likeness (QED) is 0.526. The van der Waals surface area contributed by atoms with Crippen LogP contribution in [0.15, 0.2) is 0 Å². The Bertz CT molecular complexity index is 89.6. The maximum absolute atomic E-state index is 5.41. The van der Waals surface area contributed by atoms with E-state index < -0.39 is 0 Å². The van der Waals surface area contributed by atoms with E-state index in [9.17, 15) is 0 Å². The van der Waals surface area contributed by atoms with Gasteiger partial charge in [0.25, 0.3) is 0 Å². The number of hydrogen-bond donors (Lipinski definition) is 1. The summed E-state index contributed by atoms with van der Waals surface area (Å²) in [5.41, 5.74) is 0.295. The molecule has 1 rings (SSSR count). The second kappa shape index (κ2) is 2.27. The monoisotopic (exact) mass is 129 g/mol. The smallest absolute Gasteiger partial charge is 0.0970 e. The van der Waals surface area contributed by atoms with Crippen LogP contribution in [0, 0.1) is 5.41 Å². The molecule has 0 amide bonds. The van der Waals surface area contributed by atoms with Crippen molar-refractivity contribution in [3.05, 3.63) is 0 Å². The van der Waals surface area contributed by atoms with Gasteiger partial charge in [-0.3, -0.25) is 5.32 Å². The average Bonchev–Trinajstić information content (AvgIpc) is 2.08. The van der Waals surface area contributed by atoms with Gasteiger partial charge in [-0.1, -0.05) is 20.8 Å². The highest BCUT2D eigenvalue weighted by atomic mass is 16.5. The molecule has 0 aromatic carbocycles. The van der Waals surface area contributed by atoms with E-state index in [2.05, 4.69) is 26.1 Å². The molecule has 1 atom stereocenters. The molecule has 0 saturated carbocycles. The van der Waals surface area contributed by atoms with Crippen molar-refractivity contribution >= 4 is 0 Å². The summed E-state index contributed by atoms with van der Waals surface area (Å²) < 4.78 is 5.41. The van der Waals surface area contributed by atoms with Crippen molar-refractivity contribution < 1.29 is 4.74 Å². The summed E-state index contributed by atoms with van der Waals surface area (Å²) >= 11 is 0. The van der Waals surface area contributed by atoms with E-state index in [1.54, 1.807) is 0 Å². The lowest BCUT2D eigenvalue weighted by Crippen LogP contribution is -2.29. The van der Waals surface area contributed by atoms with E-state index in [-0.39, 0.29) is 0 Å². The van der Waals surface area contributed by atoms with Crippen LogP contribution in [-0.2, 0) is 4.74 Å². The molecule has 1 N–H and O–H groups in total. The molecule has 1 fully saturated rings. The summed E-state index contributed by atoms with van der Waals surface area (Å²) in [6, 6.07) is 0. The Labute approximate surface area is 56.6 Å². The van der Waals surface area contributed by atoms with Gasteiger partial charge in [-0.05, 0) is 5.41 Å². The van der Waals surface area contributed by atoms with Gasteiger partial charge in [-0.25, -0.2) is 0 Å². The first kappa shape index (κ1) is 7.03. The highest BCUT2D eigenvalue weighted by molar-refractivity contribution is 4.78. The lowest BCUT2D eigenvalue weighted by molar-refractivity contribution is 0.0342. The van der Waals surface area contributed by atoms with Crippen molar-refractivity contribution in [2.45, 2.75) is 26.9 Å². The first-order valence-corrected chi connectivity index (χ1v) is 3.43. The largest absolute Gasteiger partial charge is 0.361 e. The van der Waals surface area contributed by atoms with Gasteiger partial charge >= 0.3 is 0 Å². The first-order chi connectivity index (χ1) is 4.11. The molecule has 0 spiro atoms. The fourth-order valence-electron chi connectivity index (χ4n) is 0.965. The lowest BCUT2D eigenvalue weighted by Gasteiger charge is -2.24. The van der Waals surface area contributed by atoms with E-state index in [0.29, 0.717) is 11.5 Å². The molecule has 0 aromatic rings. The zero-order valence-corrected chi connectivity index (χ0v) is 6.40. The van der Waals surface area contributed by atoms with Crippen LogP contribution < -0.4 is 5.32 Å². The van der Waals surface area contributed by atoms with Crippen molar-refractivity contribution in [1.82, 2.24) is 5.32 Å². The van der Waals surface area contributed by atoms with Gasteiger partial charge in [0.15, 0.2) is 0 Å². The number of nitrogens with one attached hydrogen (secondary N) is 1. The zero-order valence-electron chi connectivity index (χ0n) is 6.40. The van der Waals surface area contributed by atoms with Crippen LogP contribution in [0.2, 0.25) is 0 Å². The molecule has 0 aliphatic carbocycles. The van der Waals surface area contributed by atoms with Crippen molar-refractivity contribution in [2.24, 2.45) is 5.41 Å². The van der Waals surface area contributed by atoms with E-state index >= 15 is 0 Å². The lowest BCUT2D eigenvalue weighted by atomic mass is 9.89. The van der Waals surface area contributed by atoms with Crippen LogP contribution in [0.3, 0.4) is 0 Å². The molecule has 9 heavy (non-hydrogen) atoms. The molecule has 1 saturated heterocycles. The van der Waals surface area contributed by atoms with Crippen LogP contribution >= 0.6 is 0 Å². The predicted molar refractivity (Wildman–Crippen MR) is 37.2 cm³/mol. The highest BCUT2D eigenvalue weighted by Gasteiger charge is 2.27. The van der Waals surface area contributed by atoms with Crippen LogP contribution in [0.1, 0.15) is 20.8 Å². The summed E-state index contributed by atoms with van der Waals surface area (Å²) in [6.07, 6.45) is 0.400. The second-order valence-corrected chi connectivity index (χ2v) is 3.62. The molecule has 0 radical (unpaired) electrons. The minimum absolute atomic E-state index is 0.295. The topological polar surface area (TPSA) is 21.3 Å². The van der Waals surface area contributed by atoms with Crippen molar-refractivity contribution in [3.8, 4) is 0 Å². The van der Waals surface area contributed by atoms with Crippen molar-refractivity contribution in [2.75, 3.05) is 13.3 Å². The third-order valence-electron chi connectivity index (χ3n) is 1.68. The number of hydrogen-bond acceptors (Lipinski definition) is 2. The van der Waals surface area contributed by atoms with Gasteiger partial charge in [-0.2, -0.15) is 0 Å². The summed E-state index contributed by atoms with van der Waals surface area (Å²) in [5.74, 6) is 0. The molecule has 0 bridgehead atoms. The summed E-state index contributed by atoms with van der Waals surface area (Å²) in [7, 11) is 0. The Balaban J connectivity index is 2.42. The fourth-order valence-corrected chi connectivity index (χ4v) is 0.965. The van der Waals surface area contributed by atoms with Gasteiger partial charge in [0.05, 0.1) is 12.8 Å². The Morgan fingerprint density at radius 1 is 1.44 bits per heavy atom. The summed E-state index contributed by atoms with van der Waals surface area (Å²) in [6.45, 7) is 8.32. The first-order valence-electron chi connectivity index (χ1n) is 3.43. The molecule has 1 heterocycles. The zero-order chi connectivity index (χ0) is 6.91. The number of rotatable bonds is 0. The molecular formula is C7H15NO. The molecule has 1 unspecified atom stereocenters. The molecule has 2 nitrogen and oxygen atoms in total. The third kappa shape index (κ3) is 1.66. The van der Waals surface area contributed by atoms with E-state index in [0.717, 1.165) is 13.3 Å². The molecular weight excluding hydrogens is 114 g/mol. The fraction of sp³-hybridized carbons (Fsp3) is 1.00. The third-order valence-corrected chi connectivity index (χ3v) is 1.68. The minimum Gasteiger partial charge on any atom is -0.361 e. The van der Waals surface area contributed by atoms with Crippen LogP contribution in [0.4, 0.5) is 0 Å². The Morgan fingerprint density at radius 3 is 2.33 bits per heavy atom. The predicted octanol–water partition coefficient (Wildman–Crippen LogP) is 0.978. The Morgan fingerprint density at radius 2 is 2.11 bits per heavy atom. The van der Waals surface area contributed by atoms with E-state index in [1.165, 1.54) is 0 Å². The van der Waals surface area contributed by atoms with Gasteiger partial charge in [0.2, 0.25) is 0 Å². The van der Waals surface area contributed by atoms with Crippen molar-refractivity contribution in [1.29, 1.82) is 0 Å². The SMILES string of the molecule is CC(C)(C)C1CNCO1. The van der Waals surface area contributed by atoms with Gasteiger partial charge in [-0.15, -0.1) is 0 Å². The summed E-state index contributed by atoms with van der Waals surface area (Å²) in [4.78, 5) is 0. The van der Waals surface area contributed by atoms with Crippen LogP contribution in [-0.4, -0.2) is 19.4 Å². The van der Waals surface area contributed by atoms with Gasteiger partial charge < -0.3 is 4.74 Å². The standard InChI is InChI=1S/C7H15NO/c1-7(2,3)6-4-8-5-9-6/h6,8H,4-5H2,1-3H3. The number of ether oxygens (including phenoxy) is 1. The van der Waals surface area contributed by atoms with Gasteiger partial charge in [0.1, 0.15) is 0 Å². The normalized spacial score (nSPS) is 29.0. The molecule has 2 heteroatoms. The van der Waals surface area contributed by atoms with Crippen LogP contribution in [0.25, 0.3) is 0 Å². The highest BCUT2D eigenvalue weighted by Crippen LogP contribution is 2.23. The molecule has 1 aliphatic rings. The maximum atomic E-state index is 5.41. The van der Waals surface area contributed by atoms with Crippen molar-refractivity contribution in [3.63, 3.8) is 0 Å². The maximum Gasteiger partial charge on any atom is 0.0970 e. The molecule has 1 aliphatic heterocycles. The molecule has 0 aromatic heterocycles.